The fraction of sp³-hybridized carbons (Fsp3) is 0.250. The Morgan fingerprint density at radius 3 is 2.48 bits per heavy atom. The van der Waals surface area contributed by atoms with E-state index in [2.05, 4.69) is 15.5 Å². The summed E-state index contributed by atoms with van der Waals surface area (Å²) in [6, 6.07) is 5.04. The molecule has 33 heavy (non-hydrogen) atoms. The standard InChI is InChI=1S/C20H18Cl2N4O5S2/c1-9-14(18(28)30-3)17(33-15(9)19(29)31-4)23-13(27)8-32-20-25-24-16(26(20)2)11-6-5-10(21)7-12(11)22/h5-7H,8H2,1-4H3,(H,23,27). The average molecular weight is 529 g/mol. The van der Waals surface area contributed by atoms with E-state index in [0.29, 0.717) is 32.2 Å². The number of thioether (sulfide) groups is 1. The summed E-state index contributed by atoms with van der Waals surface area (Å²) in [5.41, 5.74) is 1.14. The lowest BCUT2D eigenvalue weighted by molar-refractivity contribution is -0.113. The molecule has 1 N–H and O–H groups in total. The normalized spacial score (nSPS) is 10.7. The summed E-state index contributed by atoms with van der Waals surface area (Å²) in [6.07, 6.45) is 0. The van der Waals surface area contributed by atoms with Crippen LogP contribution in [0, 0.1) is 6.92 Å². The van der Waals surface area contributed by atoms with Crippen LogP contribution in [-0.4, -0.2) is 52.6 Å². The first-order chi connectivity index (χ1) is 15.7. The molecule has 2 aromatic heterocycles. The number of rotatable bonds is 7. The van der Waals surface area contributed by atoms with Crippen molar-refractivity contribution in [2.24, 2.45) is 7.05 Å². The Balaban J connectivity index is 1.76. The Morgan fingerprint density at radius 2 is 1.85 bits per heavy atom. The summed E-state index contributed by atoms with van der Waals surface area (Å²) in [7, 11) is 4.21. The van der Waals surface area contributed by atoms with Crippen molar-refractivity contribution >= 4 is 69.1 Å². The molecule has 13 heteroatoms. The van der Waals surface area contributed by atoms with Crippen molar-refractivity contribution in [1.82, 2.24) is 14.8 Å². The molecule has 3 rings (SSSR count). The van der Waals surface area contributed by atoms with Gasteiger partial charge in [-0.3, -0.25) is 4.79 Å². The second-order valence-electron chi connectivity index (χ2n) is 6.57. The molecule has 0 unspecified atom stereocenters. The number of hydrogen-bond acceptors (Lipinski definition) is 9. The highest BCUT2D eigenvalue weighted by Crippen LogP contribution is 2.35. The third kappa shape index (κ3) is 5.32. The average Bonchev–Trinajstić information content (AvgIpc) is 3.30. The molecule has 0 saturated heterocycles. The number of methoxy groups -OCH3 is 2. The fourth-order valence-electron chi connectivity index (χ4n) is 2.88. The van der Waals surface area contributed by atoms with E-state index in [1.165, 1.54) is 14.2 Å². The SMILES string of the molecule is COC(=O)c1sc(NC(=O)CSc2nnc(-c3ccc(Cl)cc3Cl)n2C)c(C(=O)OC)c1C. The third-order valence-electron chi connectivity index (χ3n) is 4.50. The number of nitrogens with one attached hydrogen (secondary N) is 1. The van der Waals surface area contributed by atoms with Gasteiger partial charge in [0.05, 0.1) is 30.6 Å². The zero-order valence-corrected chi connectivity index (χ0v) is 21.0. The van der Waals surface area contributed by atoms with Crippen LogP contribution in [0.1, 0.15) is 25.6 Å². The van der Waals surface area contributed by atoms with Crippen molar-refractivity contribution in [3.05, 3.63) is 44.2 Å². The molecule has 0 aliphatic carbocycles. The summed E-state index contributed by atoms with van der Waals surface area (Å²) < 4.78 is 11.2. The van der Waals surface area contributed by atoms with E-state index < -0.39 is 17.8 Å². The van der Waals surface area contributed by atoms with Crippen LogP contribution in [0.25, 0.3) is 11.4 Å². The number of halogens is 2. The van der Waals surface area contributed by atoms with Crippen LogP contribution in [0.2, 0.25) is 10.0 Å². The van der Waals surface area contributed by atoms with E-state index in [1.807, 2.05) is 0 Å². The van der Waals surface area contributed by atoms with Crippen molar-refractivity contribution in [2.45, 2.75) is 12.1 Å². The van der Waals surface area contributed by atoms with Gasteiger partial charge in [-0.1, -0.05) is 35.0 Å². The summed E-state index contributed by atoms with van der Waals surface area (Å²) in [6.45, 7) is 1.59. The molecule has 1 amide bonds. The molecular weight excluding hydrogens is 511 g/mol. The molecule has 0 fully saturated rings. The first-order valence-corrected chi connectivity index (χ1v) is 11.8. The van der Waals surface area contributed by atoms with Crippen LogP contribution in [0.4, 0.5) is 5.00 Å². The second kappa shape index (κ2) is 10.6. The van der Waals surface area contributed by atoms with Gasteiger partial charge < -0.3 is 19.4 Å². The molecular formula is C20H18Cl2N4O5S2. The molecule has 0 radical (unpaired) electrons. The number of amides is 1. The lowest BCUT2D eigenvalue weighted by atomic mass is 10.1. The van der Waals surface area contributed by atoms with E-state index in [-0.39, 0.29) is 21.2 Å². The van der Waals surface area contributed by atoms with Crippen LogP contribution in [-0.2, 0) is 21.3 Å². The molecule has 0 aliphatic heterocycles. The summed E-state index contributed by atoms with van der Waals surface area (Å²) in [4.78, 5) is 37.0. The van der Waals surface area contributed by atoms with Gasteiger partial charge in [0.2, 0.25) is 5.91 Å². The van der Waals surface area contributed by atoms with Crippen LogP contribution in [0.5, 0.6) is 0 Å². The molecule has 0 spiro atoms. The first kappa shape index (κ1) is 25.0. The van der Waals surface area contributed by atoms with E-state index in [1.54, 1.807) is 36.7 Å². The van der Waals surface area contributed by atoms with Crippen LogP contribution in [0.15, 0.2) is 23.4 Å². The topological polar surface area (TPSA) is 112 Å². The minimum Gasteiger partial charge on any atom is -0.465 e. The molecule has 2 heterocycles. The van der Waals surface area contributed by atoms with Gasteiger partial charge in [-0.2, -0.15) is 0 Å². The van der Waals surface area contributed by atoms with Crippen LogP contribution < -0.4 is 5.32 Å². The van der Waals surface area contributed by atoms with Crippen molar-refractivity contribution in [3.63, 3.8) is 0 Å². The number of carbonyl (C=O) groups excluding carboxylic acids is 3. The van der Waals surface area contributed by atoms with Gasteiger partial charge in [-0.25, -0.2) is 9.59 Å². The highest BCUT2D eigenvalue weighted by atomic mass is 35.5. The van der Waals surface area contributed by atoms with Gasteiger partial charge in [-0.05, 0) is 30.7 Å². The molecule has 174 valence electrons. The molecule has 0 aliphatic rings. The highest BCUT2D eigenvalue weighted by Gasteiger charge is 2.27. The first-order valence-electron chi connectivity index (χ1n) is 9.25. The number of carbonyl (C=O) groups is 3. The second-order valence-corrected chi connectivity index (χ2v) is 9.38. The smallest absolute Gasteiger partial charge is 0.348 e. The number of ether oxygens (including phenoxy) is 2. The zero-order valence-electron chi connectivity index (χ0n) is 17.9. The molecule has 9 nitrogen and oxygen atoms in total. The summed E-state index contributed by atoms with van der Waals surface area (Å²) in [5, 5.41) is 12.6. The Bertz CT molecular complexity index is 1240. The quantitative estimate of drug-likeness (QED) is 0.353. The van der Waals surface area contributed by atoms with Gasteiger partial charge in [0.25, 0.3) is 0 Å². The lowest BCUT2D eigenvalue weighted by Crippen LogP contribution is -2.16. The largest absolute Gasteiger partial charge is 0.465 e. The predicted octanol–water partition coefficient (Wildman–Crippen LogP) is 4.46. The number of anilines is 1. The number of hydrogen-bond donors (Lipinski definition) is 1. The Morgan fingerprint density at radius 1 is 1.15 bits per heavy atom. The van der Waals surface area contributed by atoms with E-state index in [4.69, 9.17) is 32.7 Å². The number of benzene rings is 1. The number of thiophene rings is 1. The number of esters is 2. The van der Waals surface area contributed by atoms with Gasteiger partial charge in [0.1, 0.15) is 9.88 Å². The van der Waals surface area contributed by atoms with E-state index in [0.717, 1.165) is 23.1 Å². The van der Waals surface area contributed by atoms with Gasteiger partial charge in [0.15, 0.2) is 11.0 Å². The maximum atomic E-state index is 12.6. The maximum absolute atomic E-state index is 12.6. The van der Waals surface area contributed by atoms with Gasteiger partial charge in [0, 0.05) is 17.6 Å². The van der Waals surface area contributed by atoms with Crippen molar-refractivity contribution < 1.29 is 23.9 Å². The Kier molecular flexibility index (Phi) is 8.01. The van der Waals surface area contributed by atoms with Crippen molar-refractivity contribution in [2.75, 3.05) is 25.3 Å². The maximum Gasteiger partial charge on any atom is 0.348 e. The zero-order chi connectivity index (χ0) is 24.3. The molecule has 0 atom stereocenters. The van der Waals surface area contributed by atoms with Crippen LogP contribution in [0.3, 0.4) is 0 Å². The predicted molar refractivity (Wildman–Crippen MR) is 128 cm³/mol. The minimum atomic E-state index is -0.667. The molecule has 0 saturated carbocycles. The molecule has 0 bridgehead atoms. The minimum absolute atomic E-state index is 0.0224. The van der Waals surface area contributed by atoms with Gasteiger partial charge >= 0.3 is 11.9 Å². The fourth-order valence-corrected chi connectivity index (χ4v) is 5.21. The number of aromatic nitrogens is 3. The lowest BCUT2D eigenvalue weighted by Gasteiger charge is -2.07. The monoisotopic (exact) mass is 528 g/mol. The van der Waals surface area contributed by atoms with Crippen LogP contribution >= 0.6 is 46.3 Å². The van der Waals surface area contributed by atoms with Crippen molar-refractivity contribution in [1.29, 1.82) is 0 Å². The molecule has 1 aromatic carbocycles. The summed E-state index contributed by atoms with van der Waals surface area (Å²) >= 11 is 14.3. The van der Waals surface area contributed by atoms with E-state index in [9.17, 15) is 14.4 Å². The number of nitrogens with zero attached hydrogens (tertiary/aromatic N) is 3. The van der Waals surface area contributed by atoms with Gasteiger partial charge in [-0.15, -0.1) is 21.5 Å². The third-order valence-corrected chi connectivity index (χ3v) is 7.25. The Labute approximate surface area is 207 Å². The van der Waals surface area contributed by atoms with E-state index >= 15 is 0 Å². The molecule has 3 aromatic rings. The highest BCUT2D eigenvalue weighted by molar-refractivity contribution is 7.99. The Hall–Kier alpha value is -2.60. The van der Waals surface area contributed by atoms with Crippen molar-refractivity contribution in [3.8, 4) is 11.4 Å². The summed E-state index contributed by atoms with van der Waals surface area (Å²) in [5.74, 6) is -1.18.